The first-order chi connectivity index (χ1) is 12.3. The third-order valence-electron chi connectivity index (χ3n) is 3.96. The number of anilines is 1. The minimum Gasteiger partial charge on any atom is -0.353 e. The molecule has 3 heterocycles. The summed E-state index contributed by atoms with van der Waals surface area (Å²) in [5.74, 6) is -0.0177. The van der Waals surface area contributed by atoms with E-state index >= 15 is 0 Å². The Balaban J connectivity index is 1.74. The summed E-state index contributed by atoms with van der Waals surface area (Å²) in [6, 6.07) is 5.70. The molecule has 0 bridgehead atoms. The highest BCUT2D eigenvalue weighted by Crippen LogP contribution is 2.32. The van der Waals surface area contributed by atoms with Gasteiger partial charge in [-0.2, -0.15) is 13.2 Å². The Morgan fingerprint density at radius 3 is 2.31 bits per heavy atom. The molecule has 0 atom stereocenters. The average Bonchev–Trinajstić information content (AvgIpc) is 2.61. The molecule has 2 aromatic heterocycles. The van der Waals surface area contributed by atoms with Crippen LogP contribution in [-0.2, 0) is 6.18 Å². The first-order valence-corrected chi connectivity index (χ1v) is 8.41. The lowest BCUT2D eigenvalue weighted by atomic mass is 10.1. The Labute approximate surface area is 157 Å². The van der Waals surface area contributed by atoms with Crippen LogP contribution in [0.25, 0.3) is 0 Å². The van der Waals surface area contributed by atoms with Crippen molar-refractivity contribution < 1.29 is 18.0 Å². The zero-order chi connectivity index (χ0) is 18.9. The number of nitrogens with zero attached hydrogens (tertiary/aromatic N) is 4. The van der Waals surface area contributed by atoms with Crippen LogP contribution in [-0.4, -0.2) is 47.0 Å². The van der Waals surface area contributed by atoms with Crippen molar-refractivity contribution in [2.45, 2.75) is 6.18 Å². The van der Waals surface area contributed by atoms with Gasteiger partial charge in [-0.1, -0.05) is 23.2 Å². The van der Waals surface area contributed by atoms with E-state index in [4.69, 9.17) is 23.2 Å². The van der Waals surface area contributed by atoms with Gasteiger partial charge in [-0.3, -0.25) is 4.79 Å². The van der Waals surface area contributed by atoms with Gasteiger partial charge in [-0.05, 0) is 24.3 Å². The van der Waals surface area contributed by atoms with E-state index < -0.39 is 23.3 Å². The number of hydrogen-bond acceptors (Lipinski definition) is 4. The summed E-state index contributed by atoms with van der Waals surface area (Å²) >= 11 is 11.4. The summed E-state index contributed by atoms with van der Waals surface area (Å²) in [6.45, 7) is 1.43. The van der Waals surface area contributed by atoms with Crippen molar-refractivity contribution in [3.63, 3.8) is 0 Å². The molecule has 0 N–H and O–H groups in total. The van der Waals surface area contributed by atoms with Gasteiger partial charge in [-0.25, -0.2) is 9.97 Å². The molecule has 1 aliphatic heterocycles. The topological polar surface area (TPSA) is 49.3 Å². The van der Waals surface area contributed by atoms with Crippen molar-refractivity contribution in [2.24, 2.45) is 0 Å². The predicted octanol–water partition coefficient (Wildman–Crippen LogP) is 3.76. The smallest absolute Gasteiger partial charge is 0.353 e. The molecule has 1 saturated heterocycles. The average molecular weight is 405 g/mol. The summed E-state index contributed by atoms with van der Waals surface area (Å²) in [6.07, 6.45) is -3.24. The maximum Gasteiger partial charge on any atom is 0.434 e. The second-order valence-electron chi connectivity index (χ2n) is 5.64. The zero-order valence-corrected chi connectivity index (χ0v) is 14.8. The van der Waals surface area contributed by atoms with Crippen molar-refractivity contribution in [1.29, 1.82) is 0 Å². The van der Waals surface area contributed by atoms with Gasteiger partial charge in [0.05, 0.1) is 10.6 Å². The molecule has 0 radical (unpaired) electrons. The Morgan fingerprint density at radius 1 is 1.04 bits per heavy atom. The molecule has 0 unspecified atom stereocenters. The lowest BCUT2D eigenvalue weighted by Crippen LogP contribution is -2.49. The monoisotopic (exact) mass is 404 g/mol. The largest absolute Gasteiger partial charge is 0.434 e. The highest BCUT2D eigenvalue weighted by Gasteiger charge is 2.39. The molecule has 0 spiro atoms. The summed E-state index contributed by atoms with van der Waals surface area (Å²) < 4.78 is 39.5. The van der Waals surface area contributed by atoms with Crippen LogP contribution in [0.1, 0.15) is 16.1 Å². The predicted molar refractivity (Wildman–Crippen MR) is 91.6 cm³/mol. The fraction of sp³-hybridized carbons (Fsp3) is 0.312. The Bertz CT molecular complexity index is 806. The summed E-state index contributed by atoms with van der Waals surface area (Å²) in [5.41, 5.74) is -1.77. The normalized spacial score (nSPS) is 15.3. The van der Waals surface area contributed by atoms with Crippen LogP contribution in [0.4, 0.5) is 19.0 Å². The van der Waals surface area contributed by atoms with Gasteiger partial charge in [0.25, 0.3) is 5.91 Å². The second kappa shape index (κ2) is 7.28. The van der Waals surface area contributed by atoms with Crippen LogP contribution in [0.5, 0.6) is 0 Å². The number of amides is 1. The lowest BCUT2D eigenvalue weighted by molar-refractivity contribution is -0.141. The van der Waals surface area contributed by atoms with Gasteiger partial charge in [0.1, 0.15) is 11.0 Å². The first kappa shape index (κ1) is 18.7. The number of alkyl halides is 3. The molecule has 0 aromatic carbocycles. The minimum absolute atomic E-state index is 0.267. The number of aromatic nitrogens is 2. The number of hydrogen-bond donors (Lipinski definition) is 0. The summed E-state index contributed by atoms with van der Waals surface area (Å²) in [5, 5.41) is 0.199. The zero-order valence-electron chi connectivity index (χ0n) is 13.3. The first-order valence-electron chi connectivity index (χ1n) is 7.65. The molecule has 0 saturated carbocycles. The van der Waals surface area contributed by atoms with Crippen molar-refractivity contribution in [2.75, 3.05) is 31.1 Å². The van der Waals surface area contributed by atoms with E-state index in [-0.39, 0.29) is 18.2 Å². The van der Waals surface area contributed by atoms with Crippen LogP contribution in [0.2, 0.25) is 10.2 Å². The fourth-order valence-electron chi connectivity index (χ4n) is 2.69. The number of rotatable bonds is 2. The van der Waals surface area contributed by atoms with E-state index in [1.54, 1.807) is 12.1 Å². The Hall–Kier alpha value is -2.06. The van der Waals surface area contributed by atoms with Gasteiger partial charge in [0.2, 0.25) is 0 Å². The van der Waals surface area contributed by atoms with Crippen LogP contribution in [0.15, 0.2) is 30.5 Å². The Morgan fingerprint density at radius 2 is 1.73 bits per heavy atom. The van der Waals surface area contributed by atoms with Crippen LogP contribution in [0.3, 0.4) is 0 Å². The SMILES string of the molecule is O=C(c1ccc(Cl)nc1C(F)(F)F)N1CCN(c2ccc(Cl)cn2)CC1. The minimum atomic E-state index is -4.76. The number of halogens is 5. The molecule has 138 valence electrons. The molecule has 3 rings (SSSR count). The van der Waals surface area contributed by atoms with Crippen molar-refractivity contribution in [3.8, 4) is 0 Å². The van der Waals surface area contributed by atoms with E-state index in [1.165, 1.54) is 17.2 Å². The van der Waals surface area contributed by atoms with Gasteiger partial charge in [0.15, 0.2) is 5.69 Å². The number of pyridine rings is 2. The standard InChI is InChI=1S/C16H13Cl2F3N4O/c17-10-1-4-13(22-9-10)24-5-7-25(8-6-24)15(26)11-2-3-12(18)23-14(11)16(19,20)21/h1-4,9H,5-8H2. The Kier molecular flexibility index (Phi) is 5.24. The van der Waals surface area contributed by atoms with E-state index in [0.717, 1.165) is 6.07 Å². The third kappa shape index (κ3) is 4.02. The van der Waals surface area contributed by atoms with E-state index in [9.17, 15) is 18.0 Å². The maximum atomic E-state index is 13.2. The van der Waals surface area contributed by atoms with Crippen LogP contribution >= 0.6 is 23.2 Å². The highest BCUT2D eigenvalue weighted by molar-refractivity contribution is 6.30. The lowest BCUT2D eigenvalue weighted by Gasteiger charge is -2.35. The molecule has 1 amide bonds. The number of carbonyl (C=O) groups excluding carboxylic acids is 1. The van der Waals surface area contributed by atoms with Crippen molar-refractivity contribution in [1.82, 2.24) is 14.9 Å². The molecular weight excluding hydrogens is 392 g/mol. The van der Waals surface area contributed by atoms with E-state index in [0.29, 0.717) is 23.9 Å². The molecule has 0 aliphatic carbocycles. The van der Waals surface area contributed by atoms with Gasteiger partial charge >= 0.3 is 6.18 Å². The van der Waals surface area contributed by atoms with Gasteiger partial charge in [0, 0.05) is 32.4 Å². The van der Waals surface area contributed by atoms with Crippen molar-refractivity contribution in [3.05, 3.63) is 51.9 Å². The van der Waals surface area contributed by atoms with E-state index in [2.05, 4.69) is 9.97 Å². The third-order valence-corrected chi connectivity index (χ3v) is 4.40. The molecule has 1 aliphatic rings. The molecule has 26 heavy (non-hydrogen) atoms. The molecule has 2 aromatic rings. The number of carbonyl (C=O) groups is 1. The number of piperazine rings is 1. The summed E-state index contributed by atoms with van der Waals surface area (Å²) in [4.78, 5) is 23.4. The second-order valence-corrected chi connectivity index (χ2v) is 6.47. The molecule has 5 nitrogen and oxygen atoms in total. The summed E-state index contributed by atoms with van der Waals surface area (Å²) in [7, 11) is 0. The maximum absolute atomic E-state index is 13.2. The quantitative estimate of drug-likeness (QED) is 0.714. The van der Waals surface area contributed by atoms with E-state index in [1.807, 2.05) is 4.90 Å². The molecule has 10 heteroatoms. The van der Waals surface area contributed by atoms with Crippen LogP contribution < -0.4 is 4.90 Å². The van der Waals surface area contributed by atoms with Crippen LogP contribution in [0, 0.1) is 0 Å². The van der Waals surface area contributed by atoms with Gasteiger partial charge in [-0.15, -0.1) is 0 Å². The molecule has 1 fully saturated rings. The van der Waals surface area contributed by atoms with Gasteiger partial charge < -0.3 is 9.80 Å². The van der Waals surface area contributed by atoms with Crippen molar-refractivity contribution >= 4 is 34.9 Å². The fourth-order valence-corrected chi connectivity index (χ4v) is 2.95. The molecular formula is C16H13Cl2F3N4O. The highest BCUT2D eigenvalue weighted by atomic mass is 35.5.